The van der Waals surface area contributed by atoms with E-state index in [-0.39, 0.29) is 11.5 Å². The highest BCUT2D eigenvalue weighted by Gasteiger charge is 2.07. The average molecular weight is 293 g/mol. The van der Waals surface area contributed by atoms with E-state index in [9.17, 15) is 14.0 Å². The van der Waals surface area contributed by atoms with Crippen LogP contribution in [0.25, 0.3) is 0 Å². The quantitative estimate of drug-likeness (QED) is 0.830. The SMILES string of the molecule is Cn1ccc(=O)n(Cc2cc(F)cc(C(N)=S)c2)c1=O. The second kappa shape index (κ2) is 5.38. The fourth-order valence-electron chi connectivity index (χ4n) is 1.83. The van der Waals surface area contributed by atoms with Crippen molar-refractivity contribution in [3.8, 4) is 0 Å². The summed E-state index contributed by atoms with van der Waals surface area (Å²) in [5.74, 6) is -0.522. The number of nitrogens with two attached hydrogens (primary N) is 1. The first-order chi connectivity index (χ1) is 9.38. The molecule has 0 atom stereocenters. The molecule has 0 radical (unpaired) electrons. The lowest BCUT2D eigenvalue weighted by atomic mass is 10.1. The first-order valence-corrected chi connectivity index (χ1v) is 6.15. The van der Waals surface area contributed by atoms with Crippen LogP contribution in [0, 0.1) is 5.82 Å². The molecule has 2 rings (SSSR count). The van der Waals surface area contributed by atoms with Crippen LogP contribution in [0.3, 0.4) is 0 Å². The van der Waals surface area contributed by atoms with Crippen molar-refractivity contribution in [3.63, 3.8) is 0 Å². The largest absolute Gasteiger partial charge is 0.389 e. The lowest BCUT2D eigenvalue weighted by Crippen LogP contribution is -2.38. The van der Waals surface area contributed by atoms with Crippen LogP contribution in [-0.2, 0) is 13.6 Å². The first-order valence-electron chi connectivity index (χ1n) is 5.74. The van der Waals surface area contributed by atoms with Crippen molar-refractivity contribution in [1.82, 2.24) is 9.13 Å². The molecule has 0 aliphatic rings. The first kappa shape index (κ1) is 14.1. The molecule has 0 fully saturated rings. The molecule has 0 bridgehead atoms. The molecule has 0 amide bonds. The average Bonchev–Trinajstić information content (AvgIpc) is 2.38. The van der Waals surface area contributed by atoms with Crippen molar-refractivity contribution >= 4 is 17.2 Å². The number of hydrogen-bond acceptors (Lipinski definition) is 3. The van der Waals surface area contributed by atoms with Crippen LogP contribution in [0.5, 0.6) is 0 Å². The topological polar surface area (TPSA) is 70.0 Å². The number of aromatic nitrogens is 2. The van der Waals surface area contributed by atoms with Gasteiger partial charge in [0.05, 0.1) is 6.54 Å². The summed E-state index contributed by atoms with van der Waals surface area (Å²) in [6.45, 7) is -0.0419. The van der Waals surface area contributed by atoms with Gasteiger partial charge in [0.2, 0.25) is 0 Å². The predicted molar refractivity (Wildman–Crippen MR) is 77.3 cm³/mol. The molecule has 0 saturated heterocycles. The molecule has 5 nitrogen and oxygen atoms in total. The molecular weight excluding hydrogens is 281 g/mol. The van der Waals surface area contributed by atoms with Crippen LogP contribution in [0.15, 0.2) is 40.1 Å². The Morgan fingerprint density at radius 3 is 2.70 bits per heavy atom. The third kappa shape index (κ3) is 2.83. The lowest BCUT2D eigenvalue weighted by molar-refractivity contribution is 0.613. The van der Waals surface area contributed by atoms with Crippen molar-refractivity contribution in [3.05, 3.63) is 68.2 Å². The third-order valence-electron chi connectivity index (χ3n) is 2.82. The molecular formula is C13H12FN3O2S. The summed E-state index contributed by atoms with van der Waals surface area (Å²) in [6.07, 6.45) is 1.38. The molecule has 0 saturated carbocycles. The number of nitrogens with zero attached hydrogens (tertiary/aromatic N) is 2. The van der Waals surface area contributed by atoms with Gasteiger partial charge >= 0.3 is 5.69 Å². The molecule has 2 N–H and O–H groups in total. The number of hydrogen-bond donors (Lipinski definition) is 1. The number of halogens is 1. The van der Waals surface area contributed by atoms with E-state index in [2.05, 4.69) is 0 Å². The molecule has 2 aromatic rings. The highest BCUT2D eigenvalue weighted by molar-refractivity contribution is 7.80. The number of rotatable bonds is 3. The van der Waals surface area contributed by atoms with E-state index in [0.29, 0.717) is 11.1 Å². The van der Waals surface area contributed by atoms with Gasteiger partial charge in [0.25, 0.3) is 5.56 Å². The van der Waals surface area contributed by atoms with Crippen molar-refractivity contribution in [2.45, 2.75) is 6.54 Å². The molecule has 104 valence electrons. The second-order valence-electron chi connectivity index (χ2n) is 4.35. The summed E-state index contributed by atoms with van der Waals surface area (Å²) in [4.78, 5) is 23.6. The number of aryl methyl sites for hydroxylation is 1. The summed E-state index contributed by atoms with van der Waals surface area (Å²) in [7, 11) is 1.53. The van der Waals surface area contributed by atoms with E-state index in [0.717, 1.165) is 4.57 Å². The standard InChI is InChI=1S/C13H12FN3O2S/c1-16-3-2-11(18)17(13(16)19)7-8-4-9(12(15)20)6-10(14)5-8/h2-6H,7H2,1H3,(H2,15,20). The van der Waals surface area contributed by atoms with Gasteiger partial charge < -0.3 is 10.3 Å². The van der Waals surface area contributed by atoms with Crippen molar-refractivity contribution < 1.29 is 4.39 Å². The highest BCUT2D eigenvalue weighted by atomic mass is 32.1. The Hall–Kier alpha value is -2.28. The maximum absolute atomic E-state index is 13.5. The van der Waals surface area contributed by atoms with Crippen LogP contribution >= 0.6 is 12.2 Å². The summed E-state index contributed by atoms with van der Waals surface area (Å²) >= 11 is 4.79. The summed E-state index contributed by atoms with van der Waals surface area (Å²) < 4.78 is 15.8. The van der Waals surface area contributed by atoms with Gasteiger partial charge in [-0.15, -0.1) is 0 Å². The van der Waals surface area contributed by atoms with Crippen LogP contribution in [-0.4, -0.2) is 14.1 Å². The Morgan fingerprint density at radius 1 is 1.35 bits per heavy atom. The minimum Gasteiger partial charge on any atom is -0.389 e. The summed E-state index contributed by atoms with van der Waals surface area (Å²) in [6, 6.07) is 5.28. The van der Waals surface area contributed by atoms with Gasteiger partial charge in [0, 0.05) is 24.9 Å². The minimum atomic E-state index is -0.522. The molecule has 20 heavy (non-hydrogen) atoms. The zero-order chi connectivity index (χ0) is 14.9. The Morgan fingerprint density at radius 2 is 2.05 bits per heavy atom. The van der Waals surface area contributed by atoms with Gasteiger partial charge in [-0.05, 0) is 23.8 Å². The molecule has 1 aromatic carbocycles. The fraction of sp³-hybridized carbons (Fsp3) is 0.154. The summed E-state index contributed by atoms with van der Waals surface area (Å²) in [5, 5.41) is 0. The minimum absolute atomic E-state index is 0.0419. The molecule has 0 spiro atoms. The van der Waals surface area contributed by atoms with E-state index in [1.165, 1.54) is 36.0 Å². The van der Waals surface area contributed by atoms with Gasteiger partial charge in [-0.25, -0.2) is 9.18 Å². The van der Waals surface area contributed by atoms with E-state index < -0.39 is 17.1 Å². The van der Waals surface area contributed by atoms with Crippen LogP contribution < -0.4 is 17.0 Å². The highest BCUT2D eigenvalue weighted by Crippen LogP contribution is 2.10. The van der Waals surface area contributed by atoms with Gasteiger partial charge in [0.1, 0.15) is 10.8 Å². The Labute approximate surface area is 119 Å². The van der Waals surface area contributed by atoms with E-state index in [1.54, 1.807) is 6.07 Å². The summed E-state index contributed by atoms with van der Waals surface area (Å²) in [5.41, 5.74) is 5.34. The monoisotopic (exact) mass is 293 g/mol. The Balaban J connectivity index is 2.51. The smallest absolute Gasteiger partial charge is 0.331 e. The van der Waals surface area contributed by atoms with Crippen LogP contribution in [0.2, 0.25) is 0 Å². The second-order valence-corrected chi connectivity index (χ2v) is 4.79. The number of benzene rings is 1. The fourth-order valence-corrected chi connectivity index (χ4v) is 1.94. The molecule has 0 unspecified atom stereocenters. The van der Waals surface area contributed by atoms with Crippen molar-refractivity contribution in [2.75, 3.05) is 0 Å². The van der Waals surface area contributed by atoms with Crippen LogP contribution in [0.4, 0.5) is 4.39 Å². The van der Waals surface area contributed by atoms with E-state index in [1.807, 2.05) is 0 Å². The van der Waals surface area contributed by atoms with Gasteiger partial charge in [-0.2, -0.15) is 0 Å². The van der Waals surface area contributed by atoms with Crippen molar-refractivity contribution in [2.24, 2.45) is 12.8 Å². The Kier molecular flexibility index (Phi) is 3.80. The van der Waals surface area contributed by atoms with Gasteiger partial charge in [-0.3, -0.25) is 9.36 Å². The van der Waals surface area contributed by atoms with Crippen LogP contribution in [0.1, 0.15) is 11.1 Å². The number of thiocarbonyl (C=S) groups is 1. The molecule has 1 heterocycles. The Bertz CT molecular complexity index is 795. The van der Waals surface area contributed by atoms with E-state index >= 15 is 0 Å². The molecule has 1 aromatic heterocycles. The van der Waals surface area contributed by atoms with Gasteiger partial charge in [-0.1, -0.05) is 12.2 Å². The van der Waals surface area contributed by atoms with E-state index in [4.69, 9.17) is 18.0 Å². The molecule has 0 aliphatic carbocycles. The normalized spacial score (nSPS) is 10.5. The predicted octanol–water partition coefficient (Wildman–Crippen LogP) is 0.369. The van der Waals surface area contributed by atoms with Gasteiger partial charge in [0.15, 0.2) is 0 Å². The maximum atomic E-state index is 13.5. The van der Waals surface area contributed by atoms with Crippen molar-refractivity contribution in [1.29, 1.82) is 0 Å². The third-order valence-corrected chi connectivity index (χ3v) is 3.06. The zero-order valence-corrected chi connectivity index (χ0v) is 11.5. The zero-order valence-electron chi connectivity index (χ0n) is 10.7. The molecule has 7 heteroatoms. The molecule has 0 aliphatic heterocycles. The maximum Gasteiger partial charge on any atom is 0.331 e. The lowest BCUT2D eigenvalue weighted by Gasteiger charge is -2.08.